The number of benzene rings is 1. The Hall–Kier alpha value is -3.16. The summed E-state index contributed by atoms with van der Waals surface area (Å²) in [6, 6.07) is 4.14. The van der Waals surface area contributed by atoms with E-state index in [1.807, 2.05) is 12.2 Å². The lowest BCUT2D eigenvalue weighted by Crippen LogP contribution is -2.36. The lowest BCUT2D eigenvalue weighted by atomic mass is 9.82. The lowest BCUT2D eigenvalue weighted by molar-refractivity contribution is -0.146. The topological polar surface area (TPSA) is 119 Å². The Labute approximate surface area is 167 Å². The van der Waals surface area contributed by atoms with Gasteiger partial charge in [0.05, 0.1) is 36.2 Å². The highest BCUT2D eigenvalue weighted by atomic mass is 16.5. The SMILES string of the molecule is CCOC(=O)c1cc(NC(=O)[C@H]2[C@@H](C(=O)O)[C@H]3C=C[C@H]2C3)cc(C(=O)OCC)c1. The van der Waals surface area contributed by atoms with Gasteiger partial charge in [0.2, 0.25) is 5.91 Å². The molecule has 1 amide bonds. The van der Waals surface area contributed by atoms with Crippen LogP contribution in [0.1, 0.15) is 41.0 Å². The molecule has 8 heteroatoms. The van der Waals surface area contributed by atoms with Gasteiger partial charge in [0.1, 0.15) is 0 Å². The maximum atomic E-state index is 12.9. The number of allylic oxidation sites excluding steroid dienone is 2. The van der Waals surface area contributed by atoms with Gasteiger partial charge in [-0.25, -0.2) is 9.59 Å². The first-order chi connectivity index (χ1) is 13.8. The third kappa shape index (κ3) is 4.16. The third-order valence-corrected chi connectivity index (χ3v) is 5.27. The molecular formula is C21H23NO7. The number of anilines is 1. The Balaban J connectivity index is 1.88. The number of fused-ring (bicyclic) bond motifs is 2. The second-order valence-electron chi connectivity index (χ2n) is 7.07. The first kappa shape index (κ1) is 20.6. The first-order valence-electron chi connectivity index (χ1n) is 9.57. The van der Waals surface area contributed by atoms with Crippen molar-refractivity contribution in [1.82, 2.24) is 0 Å². The first-order valence-corrected chi connectivity index (χ1v) is 9.57. The van der Waals surface area contributed by atoms with Crippen LogP contribution in [0, 0.1) is 23.7 Å². The average Bonchev–Trinajstić information content (AvgIpc) is 3.29. The molecule has 8 nitrogen and oxygen atoms in total. The maximum Gasteiger partial charge on any atom is 0.338 e. The number of aliphatic carboxylic acids is 1. The Morgan fingerprint density at radius 3 is 1.93 bits per heavy atom. The number of esters is 2. The summed E-state index contributed by atoms with van der Waals surface area (Å²) in [7, 11) is 0. The number of carbonyl (C=O) groups is 4. The van der Waals surface area contributed by atoms with E-state index < -0.39 is 35.7 Å². The third-order valence-electron chi connectivity index (χ3n) is 5.27. The van der Waals surface area contributed by atoms with Crippen molar-refractivity contribution >= 4 is 29.5 Å². The van der Waals surface area contributed by atoms with E-state index in [9.17, 15) is 24.3 Å². The molecule has 154 valence electrons. The maximum absolute atomic E-state index is 12.9. The molecule has 0 aliphatic heterocycles. The van der Waals surface area contributed by atoms with E-state index in [2.05, 4.69) is 5.32 Å². The number of rotatable bonds is 7. The molecule has 1 saturated carbocycles. The number of carbonyl (C=O) groups excluding carboxylic acids is 3. The molecule has 2 N–H and O–H groups in total. The second-order valence-corrected chi connectivity index (χ2v) is 7.07. The zero-order valence-electron chi connectivity index (χ0n) is 16.2. The molecule has 0 radical (unpaired) electrons. The summed E-state index contributed by atoms with van der Waals surface area (Å²) < 4.78 is 9.96. The van der Waals surface area contributed by atoms with Crippen molar-refractivity contribution in [2.24, 2.45) is 23.7 Å². The summed E-state index contributed by atoms with van der Waals surface area (Å²) in [6.07, 6.45) is 4.37. The number of carboxylic acid groups (broad SMARTS) is 1. The summed E-state index contributed by atoms with van der Waals surface area (Å²) in [4.78, 5) is 48.8. The lowest BCUT2D eigenvalue weighted by Gasteiger charge is -2.24. The molecule has 1 aromatic carbocycles. The van der Waals surface area contributed by atoms with Crippen molar-refractivity contribution in [3.05, 3.63) is 41.5 Å². The van der Waals surface area contributed by atoms with Crippen LogP contribution in [0.4, 0.5) is 5.69 Å². The minimum atomic E-state index is -1.01. The molecule has 2 aliphatic carbocycles. The van der Waals surface area contributed by atoms with E-state index in [1.54, 1.807) is 13.8 Å². The summed E-state index contributed by atoms with van der Waals surface area (Å²) in [5.74, 6) is -4.53. The number of amides is 1. The van der Waals surface area contributed by atoms with Crippen LogP contribution in [-0.2, 0) is 19.1 Å². The van der Waals surface area contributed by atoms with Crippen molar-refractivity contribution in [3.63, 3.8) is 0 Å². The minimum absolute atomic E-state index is 0.0929. The van der Waals surface area contributed by atoms with Gasteiger partial charge in [-0.3, -0.25) is 9.59 Å². The number of hydrogen-bond donors (Lipinski definition) is 2. The van der Waals surface area contributed by atoms with Gasteiger partial charge in [0.15, 0.2) is 0 Å². The molecule has 2 bridgehead atoms. The molecule has 0 saturated heterocycles. The fraction of sp³-hybridized carbons (Fsp3) is 0.429. The average molecular weight is 401 g/mol. The highest BCUT2D eigenvalue weighted by molar-refractivity contribution is 6.01. The van der Waals surface area contributed by atoms with Crippen molar-refractivity contribution < 1.29 is 33.8 Å². The van der Waals surface area contributed by atoms with Crippen LogP contribution in [0.15, 0.2) is 30.4 Å². The van der Waals surface area contributed by atoms with Crippen LogP contribution >= 0.6 is 0 Å². The highest BCUT2D eigenvalue weighted by Crippen LogP contribution is 2.48. The van der Waals surface area contributed by atoms with E-state index in [0.29, 0.717) is 6.42 Å². The van der Waals surface area contributed by atoms with Gasteiger partial charge in [0.25, 0.3) is 0 Å². The van der Waals surface area contributed by atoms with Crippen LogP contribution in [0.3, 0.4) is 0 Å². The van der Waals surface area contributed by atoms with Gasteiger partial charge in [-0.2, -0.15) is 0 Å². The zero-order chi connectivity index (χ0) is 21.1. The summed E-state index contributed by atoms with van der Waals surface area (Å²) >= 11 is 0. The molecule has 0 unspecified atom stereocenters. The minimum Gasteiger partial charge on any atom is -0.481 e. The second kappa shape index (κ2) is 8.46. The van der Waals surface area contributed by atoms with Crippen LogP contribution in [-0.4, -0.2) is 42.1 Å². The molecule has 4 atom stereocenters. The number of ether oxygens (including phenoxy) is 2. The standard InChI is InChI=1S/C21H23NO7/c1-3-28-20(26)13-8-14(21(27)29-4-2)10-15(9-13)22-18(23)16-11-5-6-12(7-11)17(16)19(24)25/h5-6,8-12,16-17H,3-4,7H2,1-2H3,(H,22,23)(H,24,25)/t11-,12-,16+,17-/m0/s1. The number of hydrogen-bond acceptors (Lipinski definition) is 6. The molecule has 1 fully saturated rings. The van der Waals surface area contributed by atoms with Gasteiger partial charge in [-0.05, 0) is 50.3 Å². The smallest absolute Gasteiger partial charge is 0.338 e. The monoisotopic (exact) mass is 401 g/mol. The molecule has 0 spiro atoms. The zero-order valence-corrected chi connectivity index (χ0v) is 16.2. The van der Waals surface area contributed by atoms with Crippen LogP contribution in [0.2, 0.25) is 0 Å². The molecule has 3 rings (SSSR count). The fourth-order valence-electron chi connectivity index (χ4n) is 4.11. The van der Waals surface area contributed by atoms with E-state index >= 15 is 0 Å². The van der Waals surface area contributed by atoms with Gasteiger partial charge < -0.3 is 19.9 Å². The van der Waals surface area contributed by atoms with E-state index in [4.69, 9.17) is 9.47 Å². The Morgan fingerprint density at radius 2 is 1.45 bits per heavy atom. The normalized spacial score (nSPS) is 24.2. The van der Waals surface area contributed by atoms with Crippen LogP contribution in [0.5, 0.6) is 0 Å². The summed E-state index contributed by atoms with van der Waals surface area (Å²) in [5.41, 5.74) is 0.394. The van der Waals surface area contributed by atoms with Crippen molar-refractivity contribution in [2.75, 3.05) is 18.5 Å². The predicted molar refractivity (Wildman–Crippen MR) is 102 cm³/mol. The fourth-order valence-corrected chi connectivity index (χ4v) is 4.11. The van der Waals surface area contributed by atoms with E-state index in [0.717, 1.165) is 0 Å². The predicted octanol–water partition coefficient (Wildman–Crippen LogP) is 2.50. The highest BCUT2D eigenvalue weighted by Gasteiger charge is 2.51. The quantitative estimate of drug-likeness (QED) is 0.532. The largest absolute Gasteiger partial charge is 0.481 e. The Kier molecular flexibility index (Phi) is 6.00. The summed E-state index contributed by atoms with van der Waals surface area (Å²) in [5, 5.41) is 12.2. The molecule has 0 heterocycles. The summed E-state index contributed by atoms with van der Waals surface area (Å²) in [6.45, 7) is 3.62. The Morgan fingerprint density at radius 1 is 0.931 bits per heavy atom. The van der Waals surface area contributed by atoms with Gasteiger partial charge in [-0.15, -0.1) is 0 Å². The van der Waals surface area contributed by atoms with Crippen LogP contribution in [0.25, 0.3) is 0 Å². The van der Waals surface area contributed by atoms with Crippen molar-refractivity contribution in [1.29, 1.82) is 0 Å². The molecule has 0 aromatic heterocycles. The van der Waals surface area contributed by atoms with Crippen molar-refractivity contribution in [3.8, 4) is 0 Å². The van der Waals surface area contributed by atoms with Crippen LogP contribution < -0.4 is 5.32 Å². The molecule has 1 aromatic rings. The van der Waals surface area contributed by atoms with Gasteiger partial charge >= 0.3 is 17.9 Å². The molecular weight excluding hydrogens is 378 g/mol. The van der Waals surface area contributed by atoms with E-state index in [1.165, 1.54) is 18.2 Å². The Bertz CT molecular complexity index is 840. The number of nitrogens with one attached hydrogen (secondary N) is 1. The van der Waals surface area contributed by atoms with Crippen molar-refractivity contribution in [2.45, 2.75) is 20.3 Å². The van der Waals surface area contributed by atoms with Gasteiger partial charge in [0, 0.05) is 5.69 Å². The number of carboxylic acids is 1. The molecule has 29 heavy (non-hydrogen) atoms. The van der Waals surface area contributed by atoms with E-state index in [-0.39, 0.29) is 41.9 Å². The van der Waals surface area contributed by atoms with Gasteiger partial charge in [-0.1, -0.05) is 12.2 Å². The molecule has 2 aliphatic rings.